The van der Waals surface area contributed by atoms with Gasteiger partial charge in [0.2, 0.25) is 0 Å². The molecule has 6 unspecified atom stereocenters. The fourth-order valence-electron chi connectivity index (χ4n) is 3.83. The van der Waals surface area contributed by atoms with E-state index in [0.717, 1.165) is 24.9 Å². The topological polar surface area (TPSA) is 24.1 Å². The van der Waals surface area contributed by atoms with Gasteiger partial charge in [0.1, 0.15) is 0 Å². The number of rotatable bonds is 6. The Balaban J connectivity index is 2.11. The Kier molecular flexibility index (Phi) is 4.85. The van der Waals surface area contributed by atoms with Gasteiger partial charge >= 0.3 is 0 Å². The number of nitrogens with one attached hydrogen (secondary N) is 2. The van der Waals surface area contributed by atoms with Gasteiger partial charge in [-0.15, -0.1) is 0 Å². The van der Waals surface area contributed by atoms with Gasteiger partial charge in [0.05, 0.1) is 0 Å². The monoisotopic (exact) mass is 250 g/mol. The van der Waals surface area contributed by atoms with Crippen molar-refractivity contribution < 1.29 is 0 Å². The van der Waals surface area contributed by atoms with Crippen molar-refractivity contribution in [2.75, 3.05) is 13.1 Å². The second kappa shape index (κ2) is 6.21. The van der Waals surface area contributed by atoms with Gasteiger partial charge in [-0.1, -0.05) is 39.8 Å². The van der Waals surface area contributed by atoms with Crippen LogP contribution in [0.4, 0.5) is 0 Å². The Labute approximate surface area is 113 Å². The molecule has 0 aromatic rings. The third kappa shape index (κ3) is 2.50. The van der Waals surface area contributed by atoms with Gasteiger partial charge in [0, 0.05) is 12.1 Å². The number of fused-ring (bicyclic) bond motifs is 2. The lowest BCUT2D eigenvalue weighted by atomic mass is 9.59. The zero-order valence-electron chi connectivity index (χ0n) is 12.4. The minimum atomic E-state index is 0.637. The fraction of sp³-hybridized carbons (Fsp3) is 0.875. The Morgan fingerprint density at radius 1 is 0.778 bits per heavy atom. The predicted molar refractivity (Wildman–Crippen MR) is 78.6 cm³/mol. The Bertz CT molecular complexity index is 259. The molecule has 0 aromatic heterocycles. The van der Waals surface area contributed by atoms with Crippen molar-refractivity contribution in [2.45, 2.75) is 52.6 Å². The van der Waals surface area contributed by atoms with E-state index in [1.807, 2.05) is 0 Å². The van der Waals surface area contributed by atoms with Crippen molar-refractivity contribution in [3.05, 3.63) is 12.2 Å². The summed E-state index contributed by atoms with van der Waals surface area (Å²) in [4.78, 5) is 0. The van der Waals surface area contributed by atoms with E-state index >= 15 is 0 Å². The minimum absolute atomic E-state index is 0.637. The van der Waals surface area contributed by atoms with Crippen LogP contribution in [0.1, 0.15) is 40.5 Å². The Hall–Kier alpha value is -0.340. The summed E-state index contributed by atoms with van der Waals surface area (Å²) in [6, 6.07) is 1.27. The quantitative estimate of drug-likeness (QED) is 0.708. The molecule has 0 saturated heterocycles. The highest BCUT2D eigenvalue weighted by molar-refractivity contribution is 5.18. The second-order valence-electron chi connectivity index (χ2n) is 6.22. The van der Waals surface area contributed by atoms with Crippen LogP contribution in [0, 0.1) is 23.7 Å². The molecule has 1 fully saturated rings. The lowest BCUT2D eigenvalue weighted by Gasteiger charge is -2.52. The maximum Gasteiger partial charge on any atom is 0.0292 e. The lowest BCUT2D eigenvalue weighted by molar-refractivity contribution is 0.0709. The molecule has 6 atom stereocenters. The SMILES string of the molecule is CCCNC1C2C=CC(C(C)C2C)C1NCCC. The normalized spacial score (nSPS) is 42.4. The van der Waals surface area contributed by atoms with Crippen molar-refractivity contribution in [1.29, 1.82) is 0 Å². The van der Waals surface area contributed by atoms with E-state index < -0.39 is 0 Å². The molecule has 0 amide bonds. The van der Waals surface area contributed by atoms with Gasteiger partial charge in [0.25, 0.3) is 0 Å². The van der Waals surface area contributed by atoms with Crippen LogP contribution in [0.3, 0.4) is 0 Å². The molecule has 0 aliphatic heterocycles. The Morgan fingerprint density at radius 3 is 1.50 bits per heavy atom. The van der Waals surface area contributed by atoms with Crippen molar-refractivity contribution >= 4 is 0 Å². The van der Waals surface area contributed by atoms with Crippen LogP contribution in [-0.4, -0.2) is 25.2 Å². The van der Waals surface area contributed by atoms with E-state index in [2.05, 4.69) is 50.5 Å². The molecule has 0 radical (unpaired) electrons. The lowest BCUT2D eigenvalue weighted by Crippen LogP contribution is -2.63. The van der Waals surface area contributed by atoms with Gasteiger partial charge < -0.3 is 10.6 Å². The van der Waals surface area contributed by atoms with Crippen LogP contribution >= 0.6 is 0 Å². The molecular weight excluding hydrogens is 220 g/mol. The van der Waals surface area contributed by atoms with Crippen LogP contribution in [0.25, 0.3) is 0 Å². The van der Waals surface area contributed by atoms with Gasteiger partial charge in [0.15, 0.2) is 0 Å². The van der Waals surface area contributed by atoms with Crippen LogP contribution in [-0.2, 0) is 0 Å². The summed E-state index contributed by atoms with van der Waals surface area (Å²) in [5, 5.41) is 7.60. The van der Waals surface area contributed by atoms with Gasteiger partial charge in [-0.05, 0) is 49.6 Å². The first-order valence-electron chi connectivity index (χ1n) is 7.85. The molecule has 3 aliphatic rings. The molecular formula is C16H30N2. The average Bonchev–Trinajstić information content (AvgIpc) is 2.39. The Morgan fingerprint density at radius 2 is 1.17 bits per heavy atom. The van der Waals surface area contributed by atoms with Crippen molar-refractivity contribution in [1.82, 2.24) is 10.6 Å². The highest BCUT2D eigenvalue weighted by Gasteiger charge is 2.47. The molecule has 3 aliphatic carbocycles. The zero-order valence-corrected chi connectivity index (χ0v) is 12.4. The van der Waals surface area contributed by atoms with E-state index in [-0.39, 0.29) is 0 Å². The maximum absolute atomic E-state index is 3.80. The summed E-state index contributed by atoms with van der Waals surface area (Å²) in [5.74, 6) is 3.06. The molecule has 0 heterocycles. The summed E-state index contributed by atoms with van der Waals surface area (Å²) < 4.78 is 0. The molecule has 2 heteroatoms. The zero-order chi connectivity index (χ0) is 13.1. The summed E-state index contributed by atoms with van der Waals surface area (Å²) >= 11 is 0. The molecule has 0 spiro atoms. The van der Waals surface area contributed by atoms with Crippen LogP contribution in [0.15, 0.2) is 12.2 Å². The maximum atomic E-state index is 3.80. The first-order valence-corrected chi connectivity index (χ1v) is 7.85. The molecule has 2 N–H and O–H groups in total. The van der Waals surface area contributed by atoms with Crippen molar-refractivity contribution in [3.8, 4) is 0 Å². The van der Waals surface area contributed by atoms with E-state index in [9.17, 15) is 0 Å². The molecule has 0 aromatic carbocycles. The average molecular weight is 250 g/mol. The highest BCUT2D eigenvalue weighted by atomic mass is 15.0. The molecule has 2 nitrogen and oxygen atoms in total. The van der Waals surface area contributed by atoms with E-state index in [0.29, 0.717) is 23.9 Å². The molecule has 3 rings (SSSR count). The standard InChI is InChI=1S/C16H30N2/c1-5-9-17-15-13-7-8-14(12(4)11(13)3)16(15)18-10-6-2/h7-8,11-18H,5-6,9-10H2,1-4H3. The highest BCUT2D eigenvalue weighted by Crippen LogP contribution is 2.44. The van der Waals surface area contributed by atoms with E-state index in [1.54, 1.807) is 0 Å². The number of hydrogen-bond acceptors (Lipinski definition) is 2. The van der Waals surface area contributed by atoms with Crippen LogP contribution in [0.5, 0.6) is 0 Å². The largest absolute Gasteiger partial charge is 0.312 e. The first kappa shape index (κ1) is 14.1. The molecule has 1 saturated carbocycles. The number of hydrogen-bond donors (Lipinski definition) is 2. The third-order valence-electron chi connectivity index (χ3n) is 5.08. The van der Waals surface area contributed by atoms with Crippen LogP contribution in [0.2, 0.25) is 0 Å². The summed E-state index contributed by atoms with van der Waals surface area (Å²) in [5.41, 5.74) is 0. The molecule has 104 valence electrons. The third-order valence-corrected chi connectivity index (χ3v) is 5.08. The van der Waals surface area contributed by atoms with E-state index in [4.69, 9.17) is 0 Å². The predicted octanol–water partition coefficient (Wildman–Crippen LogP) is 2.81. The van der Waals surface area contributed by atoms with Crippen molar-refractivity contribution in [3.63, 3.8) is 0 Å². The minimum Gasteiger partial charge on any atom is -0.312 e. The van der Waals surface area contributed by atoms with Gasteiger partial charge in [-0.2, -0.15) is 0 Å². The van der Waals surface area contributed by atoms with Crippen LogP contribution < -0.4 is 10.6 Å². The smallest absolute Gasteiger partial charge is 0.0292 e. The van der Waals surface area contributed by atoms with Crippen molar-refractivity contribution in [2.24, 2.45) is 23.7 Å². The molecule has 2 bridgehead atoms. The van der Waals surface area contributed by atoms with E-state index in [1.165, 1.54) is 12.8 Å². The first-order chi connectivity index (χ1) is 8.70. The second-order valence-corrected chi connectivity index (χ2v) is 6.22. The summed E-state index contributed by atoms with van der Waals surface area (Å²) in [7, 11) is 0. The summed E-state index contributed by atoms with van der Waals surface area (Å²) in [6.45, 7) is 11.7. The summed E-state index contributed by atoms with van der Waals surface area (Å²) in [6.07, 6.45) is 7.41. The fourth-order valence-corrected chi connectivity index (χ4v) is 3.83. The van der Waals surface area contributed by atoms with Gasteiger partial charge in [-0.3, -0.25) is 0 Å². The van der Waals surface area contributed by atoms with Gasteiger partial charge in [-0.25, -0.2) is 0 Å². The molecule has 18 heavy (non-hydrogen) atoms.